The minimum absolute atomic E-state index is 0.243. The lowest BCUT2D eigenvalue weighted by Crippen LogP contribution is -2.61. The highest BCUT2D eigenvalue weighted by molar-refractivity contribution is 5.70. The van der Waals surface area contributed by atoms with Crippen LogP contribution in [0, 0.1) is 0 Å². The summed E-state index contributed by atoms with van der Waals surface area (Å²) in [7, 11) is 0. The van der Waals surface area contributed by atoms with Gasteiger partial charge in [-0.2, -0.15) is 0 Å². The van der Waals surface area contributed by atoms with Crippen molar-refractivity contribution in [3.63, 3.8) is 0 Å². The normalized spacial score (nSPS) is 19.6. The molecule has 5 nitrogen and oxygen atoms in total. The Balaban J connectivity index is 1.71. The van der Waals surface area contributed by atoms with Crippen molar-refractivity contribution < 1.29 is 19.4 Å². The molecule has 1 N–H and O–H groups in total. The SMILES string of the molecule is CC(C)(C)OC(=O)N1CC2(C1)OCc1cc(O)ccc12. The number of rotatable bonds is 0. The van der Waals surface area contributed by atoms with E-state index >= 15 is 0 Å². The summed E-state index contributed by atoms with van der Waals surface area (Å²) < 4.78 is 11.2. The third-order valence-electron chi connectivity index (χ3n) is 3.63. The zero-order valence-corrected chi connectivity index (χ0v) is 12.0. The smallest absolute Gasteiger partial charge is 0.410 e. The number of ether oxygens (including phenoxy) is 2. The van der Waals surface area contributed by atoms with Gasteiger partial charge < -0.3 is 19.5 Å². The Kier molecular flexibility index (Phi) is 2.73. The van der Waals surface area contributed by atoms with E-state index in [0.29, 0.717) is 19.7 Å². The van der Waals surface area contributed by atoms with Crippen molar-refractivity contribution in [1.29, 1.82) is 0 Å². The first-order chi connectivity index (χ1) is 9.29. The largest absolute Gasteiger partial charge is 0.508 e. The third kappa shape index (κ3) is 2.12. The van der Waals surface area contributed by atoms with Gasteiger partial charge in [-0.05, 0) is 44.0 Å². The lowest BCUT2D eigenvalue weighted by molar-refractivity contribution is -0.137. The molecule has 1 spiro atoms. The molecule has 1 amide bonds. The summed E-state index contributed by atoms with van der Waals surface area (Å²) in [5.74, 6) is 0.243. The van der Waals surface area contributed by atoms with Crippen molar-refractivity contribution in [1.82, 2.24) is 4.90 Å². The van der Waals surface area contributed by atoms with Crippen LogP contribution in [0.15, 0.2) is 18.2 Å². The number of phenolic OH excluding ortho intramolecular Hbond substituents is 1. The first-order valence-electron chi connectivity index (χ1n) is 6.73. The summed E-state index contributed by atoms with van der Waals surface area (Å²) in [6.45, 7) is 7.03. The number of fused-ring (bicyclic) bond motifs is 2. The third-order valence-corrected chi connectivity index (χ3v) is 3.63. The second kappa shape index (κ2) is 4.12. The van der Waals surface area contributed by atoms with E-state index in [4.69, 9.17) is 9.47 Å². The van der Waals surface area contributed by atoms with Crippen LogP contribution in [0.3, 0.4) is 0 Å². The highest BCUT2D eigenvalue weighted by Crippen LogP contribution is 2.44. The average molecular weight is 277 g/mol. The molecule has 0 saturated carbocycles. The first-order valence-corrected chi connectivity index (χ1v) is 6.73. The topological polar surface area (TPSA) is 59.0 Å². The summed E-state index contributed by atoms with van der Waals surface area (Å²) >= 11 is 0. The Labute approximate surface area is 118 Å². The number of phenols is 1. The number of aromatic hydroxyl groups is 1. The molecule has 108 valence electrons. The fourth-order valence-corrected chi connectivity index (χ4v) is 2.73. The van der Waals surface area contributed by atoms with E-state index < -0.39 is 11.2 Å². The number of nitrogens with zero attached hydrogens (tertiary/aromatic N) is 1. The van der Waals surface area contributed by atoms with Crippen LogP contribution in [-0.4, -0.2) is 34.8 Å². The summed E-state index contributed by atoms with van der Waals surface area (Å²) in [5, 5.41) is 9.49. The van der Waals surface area contributed by atoms with Crippen molar-refractivity contribution in [2.75, 3.05) is 13.1 Å². The first kappa shape index (κ1) is 13.2. The molecule has 0 radical (unpaired) electrons. The second-order valence-corrected chi connectivity index (χ2v) is 6.46. The molecule has 2 aliphatic heterocycles. The fourth-order valence-electron chi connectivity index (χ4n) is 2.73. The molecule has 0 unspecified atom stereocenters. The number of likely N-dealkylation sites (tertiary alicyclic amines) is 1. The van der Waals surface area contributed by atoms with E-state index in [2.05, 4.69) is 0 Å². The molecule has 1 fully saturated rings. The maximum absolute atomic E-state index is 12.0. The predicted octanol–water partition coefficient (Wildman–Crippen LogP) is 2.37. The van der Waals surface area contributed by atoms with Crippen LogP contribution >= 0.6 is 0 Å². The number of benzene rings is 1. The molecule has 5 heteroatoms. The van der Waals surface area contributed by atoms with Crippen LogP contribution in [0.5, 0.6) is 5.75 Å². The van der Waals surface area contributed by atoms with Crippen LogP contribution in [0.4, 0.5) is 4.79 Å². The zero-order valence-electron chi connectivity index (χ0n) is 12.0. The Hall–Kier alpha value is -1.75. The summed E-state index contributed by atoms with van der Waals surface area (Å²) in [5.41, 5.74) is 1.16. The van der Waals surface area contributed by atoms with Crippen LogP contribution < -0.4 is 0 Å². The molecule has 0 aromatic heterocycles. The van der Waals surface area contributed by atoms with Gasteiger partial charge in [-0.25, -0.2) is 4.79 Å². The number of hydrogen-bond donors (Lipinski definition) is 1. The quantitative estimate of drug-likeness (QED) is 0.791. The van der Waals surface area contributed by atoms with E-state index in [-0.39, 0.29) is 11.8 Å². The zero-order chi connectivity index (χ0) is 14.5. The van der Waals surface area contributed by atoms with Crippen molar-refractivity contribution in [3.05, 3.63) is 29.3 Å². The van der Waals surface area contributed by atoms with Gasteiger partial charge in [0.05, 0.1) is 19.7 Å². The van der Waals surface area contributed by atoms with Gasteiger partial charge in [0.25, 0.3) is 0 Å². The molecular formula is C15H19NO4. The van der Waals surface area contributed by atoms with Gasteiger partial charge >= 0.3 is 6.09 Å². The monoisotopic (exact) mass is 277 g/mol. The number of carbonyl (C=O) groups is 1. The van der Waals surface area contributed by atoms with Crippen LogP contribution in [0.25, 0.3) is 0 Å². The summed E-state index contributed by atoms with van der Waals surface area (Å²) in [4.78, 5) is 13.6. The second-order valence-electron chi connectivity index (χ2n) is 6.46. The van der Waals surface area contributed by atoms with Gasteiger partial charge in [0.2, 0.25) is 0 Å². The van der Waals surface area contributed by atoms with Crippen LogP contribution in [0.1, 0.15) is 31.9 Å². The standard InChI is InChI=1S/C15H19NO4/c1-14(2,3)20-13(18)16-8-15(9-16)12-5-4-11(17)6-10(12)7-19-15/h4-6,17H,7-9H2,1-3H3. The number of carbonyl (C=O) groups excluding carboxylic acids is 1. The molecule has 2 aliphatic rings. The highest BCUT2D eigenvalue weighted by Gasteiger charge is 2.52. The maximum Gasteiger partial charge on any atom is 0.410 e. The molecule has 0 atom stereocenters. The lowest BCUT2D eigenvalue weighted by Gasteiger charge is -2.47. The van der Waals surface area contributed by atoms with Gasteiger partial charge in [-0.3, -0.25) is 0 Å². The molecule has 3 rings (SSSR count). The van der Waals surface area contributed by atoms with Crippen molar-refractivity contribution in [2.45, 2.75) is 38.6 Å². The Bertz CT molecular complexity index is 555. The van der Waals surface area contributed by atoms with Crippen molar-refractivity contribution in [3.8, 4) is 5.75 Å². The molecule has 0 aliphatic carbocycles. The van der Waals surface area contributed by atoms with Gasteiger partial charge in [0.15, 0.2) is 0 Å². The molecule has 1 aromatic carbocycles. The summed E-state index contributed by atoms with van der Waals surface area (Å²) in [6, 6.07) is 5.26. The molecule has 20 heavy (non-hydrogen) atoms. The minimum atomic E-state index is -0.486. The van der Waals surface area contributed by atoms with Crippen molar-refractivity contribution in [2.24, 2.45) is 0 Å². The molecule has 0 bridgehead atoms. The van der Waals surface area contributed by atoms with E-state index in [0.717, 1.165) is 11.1 Å². The van der Waals surface area contributed by atoms with Crippen molar-refractivity contribution >= 4 is 6.09 Å². The van der Waals surface area contributed by atoms with Crippen LogP contribution in [-0.2, 0) is 21.7 Å². The van der Waals surface area contributed by atoms with Gasteiger partial charge in [-0.1, -0.05) is 6.07 Å². The van der Waals surface area contributed by atoms with E-state index in [9.17, 15) is 9.90 Å². The van der Waals surface area contributed by atoms with E-state index in [1.165, 1.54) is 0 Å². The van der Waals surface area contributed by atoms with Crippen LogP contribution in [0.2, 0.25) is 0 Å². The van der Waals surface area contributed by atoms with Gasteiger partial charge in [0.1, 0.15) is 17.0 Å². The summed E-state index contributed by atoms with van der Waals surface area (Å²) in [6.07, 6.45) is -0.307. The molecule has 1 saturated heterocycles. The molecule has 1 aromatic rings. The molecular weight excluding hydrogens is 258 g/mol. The Morgan fingerprint density at radius 3 is 2.75 bits per heavy atom. The minimum Gasteiger partial charge on any atom is -0.508 e. The lowest BCUT2D eigenvalue weighted by atomic mass is 9.85. The number of amides is 1. The molecule has 2 heterocycles. The Morgan fingerprint density at radius 1 is 1.40 bits per heavy atom. The number of hydrogen-bond acceptors (Lipinski definition) is 4. The highest BCUT2D eigenvalue weighted by atomic mass is 16.6. The van der Waals surface area contributed by atoms with Gasteiger partial charge in [0, 0.05) is 0 Å². The average Bonchev–Trinajstić information content (AvgIpc) is 2.62. The van der Waals surface area contributed by atoms with Gasteiger partial charge in [-0.15, -0.1) is 0 Å². The predicted molar refractivity (Wildman–Crippen MR) is 72.4 cm³/mol. The van der Waals surface area contributed by atoms with E-state index in [1.54, 1.807) is 17.0 Å². The maximum atomic E-state index is 12.0. The Morgan fingerprint density at radius 2 is 2.10 bits per heavy atom. The fraction of sp³-hybridized carbons (Fsp3) is 0.533. The van der Waals surface area contributed by atoms with E-state index in [1.807, 2.05) is 26.8 Å².